The molecule has 0 unspecified atom stereocenters. The summed E-state index contributed by atoms with van der Waals surface area (Å²) in [5.74, 6) is 0.953. The maximum atomic E-state index is 13.4. The van der Waals surface area contributed by atoms with Crippen LogP contribution in [-0.4, -0.2) is 37.9 Å². The van der Waals surface area contributed by atoms with E-state index in [2.05, 4.69) is 4.98 Å². The fourth-order valence-electron chi connectivity index (χ4n) is 3.26. The molecule has 1 aromatic heterocycles. The summed E-state index contributed by atoms with van der Waals surface area (Å²) in [4.78, 5) is 28.3. The largest absolute Gasteiger partial charge is 0.493 e. The standard InChI is InChI=1S/C23H23NO5.H2/c1-14(25)10-15-7-8-16(19-6-5-9-24-19)11-18(15)22(26)17-12-20(27-2)23(29-4)21(13-17)28-3;/h5-9,11-13,24H,10H2,1-4H3;1H. The third-order valence-electron chi connectivity index (χ3n) is 4.63. The topological polar surface area (TPSA) is 77.6 Å². The quantitative estimate of drug-likeness (QED) is 0.575. The first-order chi connectivity index (χ1) is 14.0. The van der Waals surface area contributed by atoms with Crippen molar-refractivity contribution in [2.24, 2.45) is 0 Å². The molecule has 0 amide bonds. The van der Waals surface area contributed by atoms with Gasteiger partial charge >= 0.3 is 0 Å². The summed E-state index contributed by atoms with van der Waals surface area (Å²) in [6, 6.07) is 12.6. The molecule has 2 aromatic carbocycles. The number of ketones is 2. The summed E-state index contributed by atoms with van der Waals surface area (Å²) in [5, 5.41) is 0. The molecule has 6 nitrogen and oxygen atoms in total. The molecule has 0 spiro atoms. The van der Waals surface area contributed by atoms with E-state index in [1.54, 1.807) is 18.2 Å². The lowest BCUT2D eigenvalue weighted by Gasteiger charge is -2.15. The number of Topliss-reactive ketones (excluding diaryl/α,β-unsaturated/α-hetero) is 1. The summed E-state index contributed by atoms with van der Waals surface area (Å²) < 4.78 is 16.1. The second kappa shape index (κ2) is 8.65. The number of carbonyl (C=O) groups is 2. The van der Waals surface area contributed by atoms with Gasteiger partial charge in [-0.15, -0.1) is 0 Å². The molecular weight excluding hydrogens is 370 g/mol. The van der Waals surface area contributed by atoms with Crippen LogP contribution in [0.5, 0.6) is 17.2 Å². The average Bonchev–Trinajstić information content (AvgIpc) is 3.26. The van der Waals surface area contributed by atoms with Gasteiger partial charge in [-0.1, -0.05) is 12.1 Å². The Morgan fingerprint density at radius 3 is 2.17 bits per heavy atom. The first-order valence-corrected chi connectivity index (χ1v) is 9.09. The molecule has 29 heavy (non-hydrogen) atoms. The average molecular weight is 395 g/mol. The van der Waals surface area contributed by atoms with E-state index >= 15 is 0 Å². The Hall–Kier alpha value is -3.54. The van der Waals surface area contributed by atoms with Gasteiger partial charge < -0.3 is 19.2 Å². The molecule has 0 bridgehead atoms. The van der Waals surface area contributed by atoms with Gasteiger partial charge in [0, 0.05) is 30.9 Å². The van der Waals surface area contributed by atoms with Gasteiger partial charge in [-0.05, 0) is 48.4 Å². The van der Waals surface area contributed by atoms with Gasteiger partial charge in [0.05, 0.1) is 21.3 Å². The maximum Gasteiger partial charge on any atom is 0.203 e. The molecule has 0 aliphatic carbocycles. The van der Waals surface area contributed by atoms with Crippen LogP contribution in [0.4, 0.5) is 0 Å². The highest BCUT2D eigenvalue weighted by Crippen LogP contribution is 2.39. The number of hydrogen-bond donors (Lipinski definition) is 1. The monoisotopic (exact) mass is 395 g/mol. The maximum absolute atomic E-state index is 13.4. The first kappa shape index (κ1) is 20.2. The van der Waals surface area contributed by atoms with Crippen molar-refractivity contribution >= 4 is 11.6 Å². The van der Waals surface area contributed by atoms with Crippen LogP contribution in [0.3, 0.4) is 0 Å². The van der Waals surface area contributed by atoms with Gasteiger partial charge in [0.1, 0.15) is 5.78 Å². The number of methoxy groups -OCH3 is 3. The van der Waals surface area contributed by atoms with E-state index in [4.69, 9.17) is 14.2 Å². The lowest BCUT2D eigenvalue weighted by atomic mass is 9.92. The molecule has 0 atom stereocenters. The molecule has 0 radical (unpaired) electrons. The smallest absolute Gasteiger partial charge is 0.203 e. The minimum absolute atomic E-state index is 0. The van der Waals surface area contributed by atoms with Crippen molar-refractivity contribution < 1.29 is 25.2 Å². The van der Waals surface area contributed by atoms with E-state index in [0.717, 1.165) is 11.3 Å². The van der Waals surface area contributed by atoms with Crippen molar-refractivity contribution in [3.05, 3.63) is 65.4 Å². The Bertz CT molecular complexity index is 1020. The Balaban J connectivity index is 0.00000320. The predicted molar refractivity (Wildman–Crippen MR) is 112 cm³/mol. The summed E-state index contributed by atoms with van der Waals surface area (Å²) in [7, 11) is 4.50. The molecule has 6 heteroatoms. The molecule has 3 aromatic rings. The molecular formula is C23H25NO5. The number of hydrogen-bond acceptors (Lipinski definition) is 5. The van der Waals surface area contributed by atoms with Crippen molar-refractivity contribution in [3.63, 3.8) is 0 Å². The molecule has 3 rings (SSSR count). The van der Waals surface area contributed by atoms with E-state index in [0.29, 0.717) is 33.9 Å². The molecule has 1 N–H and O–H groups in total. The molecule has 152 valence electrons. The first-order valence-electron chi connectivity index (χ1n) is 9.09. The van der Waals surface area contributed by atoms with Crippen LogP contribution in [0.15, 0.2) is 48.7 Å². The Morgan fingerprint density at radius 2 is 1.66 bits per heavy atom. The highest BCUT2D eigenvalue weighted by molar-refractivity contribution is 6.11. The fourth-order valence-corrected chi connectivity index (χ4v) is 3.26. The van der Waals surface area contributed by atoms with Gasteiger partial charge in [-0.25, -0.2) is 0 Å². The zero-order chi connectivity index (χ0) is 21.0. The number of ether oxygens (including phenoxy) is 3. The minimum Gasteiger partial charge on any atom is -0.493 e. The summed E-state index contributed by atoms with van der Waals surface area (Å²) in [6.45, 7) is 1.51. The number of rotatable bonds is 8. The second-order valence-corrected chi connectivity index (χ2v) is 6.58. The van der Waals surface area contributed by atoms with Gasteiger partial charge in [-0.3, -0.25) is 9.59 Å². The normalized spacial score (nSPS) is 10.5. The molecule has 0 saturated heterocycles. The van der Waals surface area contributed by atoms with E-state index in [-0.39, 0.29) is 19.4 Å². The van der Waals surface area contributed by atoms with E-state index in [1.165, 1.54) is 28.3 Å². The lowest BCUT2D eigenvalue weighted by molar-refractivity contribution is -0.116. The SMILES string of the molecule is COc1cc(C(=O)c2cc(-c3ccc[nH]3)ccc2CC(C)=O)cc(OC)c1OC.[HH]. The van der Waals surface area contributed by atoms with Crippen LogP contribution in [0, 0.1) is 0 Å². The van der Waals surface area contributed by atoms with E-state index in [9.17, 15) is 9.59 Å². The fraction of sp³-hybridized carbons (Fsp3) is 0.217. The van der Waals surface area contributed by atoms with Crippen molar-refractivity contribution in [2.45, 2.75) is 13.3 Å². The Labute approximate surface area is 170 Å². The zero-order valence-electron chi connectivity index (χ0n) is 16.9. The zero-order valence-corrected chi connectivity index (χ0v) is 16.9. The van der Waals surface area contributed by atoms with Gasteiger partial charge in [0.2, 0.25) is 5.75 Å². The highest BCUT2D eigenvalue weighted by Gasteiger charge is 2.21. The van der Waals surface area contributed by atoms with Crippen molar-refractivity contribution in [1.29, 1.82) is 0 Å². The number of aromatic amines is 1. The van der Waals surface area contributed by atoms with E-state index < -0.39 is 0 Å². The van der Waals surface area contributed by atoms with Crippen molar-refractivity contribution in [2.75, 3.05) is 21.3 Å². The molecule has 0 aliphatic rings. The molecule has 0 saturated carbocycles. The number of H-pyrrole nitrogens is 1. The van der Waals surface area contributed by atoms with Gasteiger partial charge in [0.15, 0.2) is 17.3 Å². The van der Waals surface area contributed by atoms with Crippen LogP contribution >= 0.6 is 0 Å². The molecule has 1 heterocycles. The summed E-state index contributed by atoms with van der Waals surface area (Å²) in [6.07, 6.45) is 2.00. The number of carbonyl (C=O) groups excluding carboxylic acids is 2. The Kier molecular flexibility index (Phi) is 6.02. The summed E-state index contributed by atoms with van der Waals surface area (Å²) in [5.41, 5.74) is 3.26. The number of nitrogens with one attached hydrogen (secondary N) is 1. The Morgan fingerprint density at radius 1 is 0.966 bits per heavy atom. The van der Waals surface area contributed by atoms with Crippen LogP contribution in [0.25, 0.3) is 11.3 Å². The molecule has 0 fully saturated rings. The third-order valence-corrected chi connectivity index (χ3v) is 4.63. The van der Waals surface area contributed by atoms with Crippen molar-refractivity contribution in [3.8, 4) is 28.5 Å². The highest BCUT2D eigenvalue weighted by atomic mass is 16.5. The lowest BCUT2D eigenvalue weighted by Crippen LogP contribution is -2.09. The van der Waals surface area contributed by atoms with Crippen LogP contribution < -0.4 is 14.2 Å². The third kappa shape index (κ3) is 4.16. The van der Waals surface area contributed by atoms with E-state index in [1.807, 2.05) is 30.5 Å². The van der Waals surface area contributed by atoms with Crippen LogP contribution in [-0.2, 0) is 11.2 Å². The minimum atomic E-state index is -0.228. The summed E-state index contributed by atoms with van der Waals surface area (Å²) >= 11 is 0. The number of benzene rings is 2. The van der Waals surface area contributed by atoms with Crippen molar-refractivity contribution in [1.82, 2.24) is 4.98 Å². The van der Waals surface area contributed by atoms with Gasteiger partial charge in [0.25, 0.3) is 0 Å². The molecule has 0 aliphatic heterocycles. The van der Waals surface area contributed by atoms with Crippen LogP contribution in [0.2, 0.25) is 0 Å². The van der Waals surface area contributed by atoms with Crippen LogP contribution in [0.1, 0.15) is 29.8 Å². The predicted octanol–water partition coefficient (Wildman–Crippen LogP) is 4.32. The number of aromatic nitrogens is 1. The van der Waals surface area contributed by atoms with Gasteiger partial charge in [-0.2, -0.15) is 0 Å². The second-order valence-electron chi connectivity index (χ2n) is 6.58.